The molecule has 1 aromatic heterocycles. The maximum absolute atomic E-state index is 12.5. The molecule has 0 unspecified atom stereocenters. The number of nitrogens with one attached hydrogen (secondary N) is 2. The summed E-state index contributed by atoms with van der Waals surface area (Å²) in [6.45, 7) is 4.07. The van der Waals surface area contributed by atoms with E-state index in [0.29, 0.717) is 23.5 Å². The number of aromatic nitrogens is 2. The normalized spacial score (nSPS) is 13.9. The first-order chi connectivity index (χ1) is 12.6. The van der Waals surface area contributed by atoms with E-state index in [1.807, 2.05) is 54.0 Å². The zero-order valence-electron chi connectivity index (χ0n) is 14.5. The van der Waals surface area contributed by atoms with Crippen molar-refractivity contribution in [3.05, 3.63) is 86.4 Å². The second-order valence-electron chi connectivity index (χ2n) is 6.56. The molecule has 0 spiro atoms. The molecule has 0 aliphatic carbocycles. The quantitative estimate of drug-likeness (QED) is 0.698. The number of anilines is 1. The van der Waals surface area contributed by atoms with Crippen molar-refractivity contribution in [2.45, 2.75) is 20.0 Å². The van der Waals surface area contributed by atoms with Crippen molar-refractivity contribution in [1.82, 2.24) is 14.5 Å². The van der Waals surface area contributed by atoms with Crippen LogP contribution in [0.4, 0.5) is 5.82 Å². The number of nitrogens with zero attached hydrogens (tertiary/aromatic N) is 2. The molecule has 0 saturated carbocycles. The minimum absolute atomic E-state index is 0.126. The summed E-state index contributed by atoms with van der Waals surface area (Å²) in [7, 11) is 0. The minimum Gasteiger partial charge on any atom is -0.358 e. The Morgan fingerprint density at radius 2 is 1.81 bits per heavy atom. The highest BCUT2D eigenvalue weighted by Gasteiger charge is 2.22. The van der Waals surface area contributed by atoms with Crippen molar-refractivity contribution in [2.24, 2.45) is 0 Å². The van der Waals surface area contributed by atoms with Gasteiger partial charge in [-0.25, -0.2) is 0 Å². The number of aromatic amines is 1. The van der Waals surface area contributed by atoms with Gasteiger partial charge in [0.15, 0.2) is 4.77 Å². The van der Waals surface area contributed by atoms with Crippen molar-refractivity contribution in [1.29, 1.82) is 0 Å². The van der Waals surface area contributed by atoms with Crippen LogP contribution in [0.5, 0.6) is 0 Å². The molecule has 0 radical (unpaired) electrons. The summed E-state index contributed by atoms with van der Waals surface area (Å²) >= 11 is 5.43. The van der Waals surface area contributed by atoms with E-state index >= 15 is 0 Å². The molecule has 5 nitrogen and oxygen atoms in total. The van der Waals surface area contributed by atoms with Gasteiger partial charge in [-0.15, -0.1) is 0 Å². The van der Waals surface area contributed by atoms with Gasteiger partial charge in [-0.3, -0.25) is 19.2 Å². The molecule has 0 saturated heterocycles. The van der Waals surface area contributed by atoms with Gasteiger partial charge in [0.1, 0.15) is 5.82 Å². The number of hydrogen-bond acceptors (Lipinski definition) is 4. The zero-order chi connectivity index (χ0) is 18.1. The molecule has 1 aliphatic heterocycles. The molecule has 0 fully saturated rings. The Morgan fingerprint density at radius 1 is 1.08 bits per heavy atom. The predicted octanol–water partition coefficient (Wildman–Crippen LogP) is 3.59. The van der Waals surface area contributed by atoms with Crippen molar-refractivity contribution >= 4 is 18.0 Å². The Kier molecular flexibility index (Phi) is 4.44. The third-order valence-electron chi connectivity index (χ3n) is 4.60. The predicted molar refractivity (Wildman–Crippen MR) is 106 cm³/mol. The van der Waals surface area contributed by atoms with Crippen LogP contribution in [0, 0.1) is 11.7 Å². The van der Waals surface area contributed by atoms with Gasteiger partial charge in [-0.05, 0) is 36.8 Å². The van der Waals surface area contributed by atoms with E-state index in [9.17, 15) is 4.79 Å². The Balaban J connectivity index is 1.71. The number of aryl methyl sites for hydroxylation is 1. The molecule has 0 atom stereocenters. The molecule has 6 heteroatoms. The second-order valence-corrected chi connectivity index (χ2v) is 6.95. The standard InChI is InChI=1S/C20H20N4OS/c1-14-7-9-16(10-8-14)24-18-17(19(25)22-20(24)26)12-23(13-21-18)11-15-5-3-2-4-6-15/h2-10,21H,11-13H2,1H3,(H,22,25,26). The van der Waals surface area contributed by atoms with Gasteiger partial charge in [0.25, 0.3) is 5.56 Å². The summed E-state index contributed by atoms with van der Waals surface area (Å²) in [4.78, 5) is 17.5. The lowest BCUT2D eigenvalue weighted by Crippen LogP contribution is -2.38. The molecule has 2 heterocycles. The molecule has 0 amide bonds. The van der Waals surface area contributed by atoms with Gasteiger partial charge in [-0.1, -0.05) is 48.0 Å². The molecule has 2 aromatic carbocycles. The van der Waals surface area contributed by atoms with E-state index in [1.54, 1.807) is 0 Å². The molecule has 2 N–H and O–H groups in total. The van der Waals surface area contributed by atoms with Crippen LogP contribution in [0.15, 0.2) is 59.4 Å². The average molecular weight is 364 g/mol. The third-order valence-corrected chi connectivity index (χ3v) is 4.88. The van der Waals surface area contributed by atoms with Crippen LogP contribution in [0.25, 0.3) is 5.69 Å². The highest BCUT2D eigenvalue weighted by molar-refractivity contribution is 7.71. The number of benzene rings is 2. The molecule has 3 aromatic rings. The monoisotopic (exact) mass is 364 g/mol. The van der Waals surface area contributed by atoms with E-state index in [4.69, 9.17) is 12.2 Å². The summed E-state index contributed by atoms with van der Waals surface area (Å²) in [5.74, 6) is 0.784. The van der Waals surface area contributed by atoms with Crippen molar-refractivity contribution in [3.8, 4) is 5.69 Å². The van der Waals surface area contributed by atoms with Gasteiger partial charge >= 0.3 is 0 Å². The van der Waals surface area contributed by atoms with Crippen molar-refractivity contribution < 1.29 is 0 Å². The summed E-state index contributed by atoms with van der Waals surface area (Å²) in [6, 6.07) is 18.4. The smallest absolute Gasteiger partial charge is 0.258 e. The fraction of sp³-hybridized carbons (Fsp3) is 0.200. The average Bonchev–Trinajstić information content (AvgIpc) is 2.64. The highest BCUT2D eigenvalue weighted by Crippen LogP contribution is 2.24. The lowest BCUT2D eigenvalue weighted by atomic mass is 10.1. The van der Waals surface area contributed by atoms with Gasteiger partial charge in [0.05, 0.1) is 12.2 Å². The lowest BCUT2D eigenvalue weighted by Gasteiger charge is -2.31. The maximum atomic E-state index is 12.5. The van der Waals surface area contributed by atoms with E-state index in [-0.39, 0.29) is 5.56 Å². The SMILES string of the molecule is Cc1ccc(-n2c3c(c(=O)[nH]c2=S)CN(Cc2ccccc2)CN3)cc1. The van der Waals surface area contributed by atoms with E-state index in [2.05, 4.69) is 27.3 Å². The maximum Gasteiger partial charge on any atom is 0.258 e. The van der Waals surface area contributed by atoms with E-state index in [0.717, 1.165) is 18.1 Å². The van der Waals surface area contributed by atoms with Crippen LogP contribution in [0.2, 0.25) is 0 Å². The molecular formula is C20H20N4OS. The zero-order valence-corrected chi connectivity index (χ0v) is 15.3. The molecule has 0 bridgehead atoms. The molecule has 132 valence electrons. The van der Waals surface area contributed by atoms with Gasteiger partial charge in [0.2, 0.25) is 0 Å². The van der Waals surface area contributed by atoms with E-state index < -0.39 is 0 Å². The Morgan fingerprint density at radius 3 is 2.54 bits per heavy atom. The largest absolute Gasteiger partial charge is 0.358 e. The Labute approximate surface area is 156 Å². The molecule has 4 rings (SSSR count). The van der Waals surface area contributed by atoms with Crippen LogP contribution >= 0.6 is 12.2 Å². The second kappa shape index (κ2) is 6.90. The fourth-order valence-corrected chi connectivity index (χ4v) is 3.55. The van der Waals surface area contributed by atoms with Crippen LogP contribution in [0.1, 0.15) is 16.7 Å². The Bertz CT molecular complexity index is 1040. The van der Waals surface area contributed by atoms with Crippen LogP contribution < -0.4 is 10.9 Å². The Hall–Kier alpha value is -2.70. The molecule has 26 heavy (non-hydrogen) atoms. The number of fused-ring (bicyclic) bond motifs is 1. The summed E-state index contributed by atoms with van der Waals surface area (Å²) in [5.41, 5.74) is 3.93. The van der Waals surface area contributed by atoms with Crippen LogP contribution in [-0.2, 0) is 13.1 Å². The summed E-state index contributed by atoms with van der Waals surface area (Å²) in [5, 5.41) is 3.40. The van der Waals surface area contributed by atoms with Crippen LogP contribution in [0.3, 0.4) is 0 Å². The third kappa shape index (κ3) is 3.21. The first-order valence-electron chi connectivity index (χ1n) is 8.57. The van der Waals surface area contributed by atoms with E-state index in [1.165, 1.54) is 11.1 Å². The summed E-state index contributed by atoms with van der Waals surface area (Å²) < 4.78 is 2.31. The minimum atomic E-state index is -0.126. The number of H-pyrrole nitrogens is 1. The van der Waals surface area contributed by atoms with Gasteiger partial charge in [0, 0.05) is 18.8 Å². The fourth-order valence-electron chi connectivity index (χ4n) is 3.26. The molecule has 1 aliphatic rings. The van der Waals surface area contributed by atoms with Gasteiger partial charge < -0.3 is 5.32 Å². The molecular weight excluding hydrogens is 344 g/mol. The summed E-state index contributed by atoms with van der Waals surface area (Å²) in [6.07, 6.45) is 0. The lowest BCUT2D eigenvalue weighted by molar-refractivity contribution is 0.264. The first-order valence-corrected chi connectivity index (χ1v) is 8.98. The van der Waals surface area contributed by atoms with Gasteiger partial charge in [-0.2, -0.15) is 0 Å². The number of hydrogen-bond donors (Lipinski definition) is 2. The topological polar surface area (TPSA) is 53.1 Å². The number of rotatable bonds is 3. The highest BCUT2D eigenvalue weighted by atomic mass is 32.1. The van der Waals surface area contributed by atoms with Crippen LogP contribution in [-0.4, -0.2) is 21.1 Å². The van der Waals surface area contributed by atoms with Crippen molar-refractivity contribution in [2.75, 3.05) is 12.0 Å². The van der Waals surface area contributed by atoms with Crippen molar-refractivity contribution in [3.63, 3.8) is 0 Å². The first kappa shape index (κ1) is 16.8.